The van der Waals surface area contributed by atoms with Gasteiger partial charge in [0.15, 0.2) is 0 Å². The molecule has 0 amide bonds. The number of halogens is 2. The molecule has 1 unspecified atom stereocenters. The molecular formula is C14H13Br2N. The fourth-order valence-corrected chi connectivity index (χ4v) is 2.58. The van der Waals surface area contributed by atoms with Gasteiger partial charge in [0.2, 0.25) is 0 Å². The normalized spacial score (nSPS) is 12.5. The fraction of sp³-hybridized carbons (Fsp3) is 0.143. The zero-order chi connectivity index (χ0) is 12.4. The Morgan fingerprint density at radius 3 is 2.29 bits per heavy atom. The Morgan fingerprint density at radius 1 is 1.00 bits per heavy atom. The molecule has 0 bridgehead atoms. The van der Waals surface area contributed by atoms with Gasteiger partial charge in [-0.3, -0.25) is 0 Å². The van der Waals surface area contributed by atoms with E-state index in [-0.39, 0.29) is 6.04 Å². The van der Waals surface area contributed by atoms with Crippen molar-refractivity contribution in [2.45, 2.75) is 13.0 Å². The lowest BCUT2D eigenvalue weighted by Gasteiger charge is -2.15. The number of hydrogen-bond donors (Lipinski definition) is 1. The smallest absolute Gasteiger partial charge is 0.0563 e. The average molecular weight is 355 g/mol. The third-order valence-electron chi connectivity index (χ3n) is 2.73. The van der Waals surface area contributed by atoms with E-state index in [0.717, 1.165) is 20.1 Å². The van der Waals surface area contributed by atoms with Gasteiger partial charge in [-0.05, 0) is 36.2 Å². The lowest BCUT2D eigenvalue weighted by molar-refractivity contribution is 0.864. The van der Waals surface area contributed by atoms with Gasteiger partial charge in [-0.15, -0.1) is 0 Å². The molecule has 0 heterocycles. The van der Waals surface area contributed by atoms with Crippen molar-refractivity contribution in [1.29, 1.82) is 0 Å². The van der Waals surface area contributed by atoms with E-state index in [9.17, 15) is 0 Å². The van der Waals surface area contributed by atoms with Crippen LogP contribution in [0.4, 0.5) is 0 Å². The highest BCUT2D eigenvalue weighted by atomic mass is 79.9. The zero-order valence-corrected chi connectivity index (χ0v) is 12.6. The maximum atomic E-state index is 6.29. The summed E-state index contributed by atoms with van der Waals surface area (Å²) in [5.41, 5.74) is 9.74. The molecule has 0 aliphatic rings. The molecule has 0 saturated carbocycles. The Labute approximate surface area is 118 Å². The molecule has 88 valence electrons. The van der Waals surface area contributed by atoms with Gasteiger partial charge in [0, 0.05) is 8.95 Å². The van der Waals surface area contributed by atoms with Crippen molar-refractivity contribution in [2.24, 2.45) is 5.73 Å². The minimum atomic E-state index is -0.109. The Hall–Kier alpha value is -0.640. The van der Waals surface area contributed by atoms with Gasteiger partial charge in [0.25, 0.3) is 0 Å². The first-order valence-electron chi connectivity index (χ1n) is 5.35. The summed E-state index contributed by atoms with van der Waals surface area (Å²) in [5, 5.41) is 0. The van der Waals surface area contributed by atoms with E-state index in [1.165, 1.54) is 5.56 Å². The first-order chi connectivity index (χ1) is 8.08. The summed E-state index contributed by atoms with van der Waals surface area (Å²) in [6.07, 6.45) is 0. The van der Waals surface area contributed by atoms with Gasteiger partial charge in [-0.25, -0.2) is 0 Å². The molecule has 2 aromatic carbocycles. The van der Waals surface area contributed by atoms with Gasteiger partial charge >= 0.3 is 0 Å². The second kappa shape index (κ2) is 5.34. The van der Waals surface area contributed by atoms with Crippen molar-refractivity contribution in [1.82, 2.24) is 0 Å². The summed E-state index contributed by atoms with van der Waals surface area (Å²) in [4.78, 5) is 0. The van der Waals surface area contributed by atoms with Gasteiger partial charge in [-0.2, -0.15) is 0 Å². The van der Waals surface area contributed by atoms with E-state index in [0.29, 0.717) is 0 Å². The van der Waals surface area contributed by atoms with Crippen molar-refractivity contribution < 1.29 is 0 Å². The van der Waals surface area contributed by atoms with Crippen LogP contribution in [0.25, 0.3) is 0 Å². The van der Waals surface area contributed by atoms with Crippen LogP contribution in [0.1, 0.15) is 22.7 Å². The van der Waals surface area contributed by atoms with E-state index in [2.05, 4.69) is 69.1 Å². The molecule has 2 rings (SSSR count). The summed E-state index contributed by atoms with van der Waals surface area (Å²) in [6.45, 7) is 2.07. The highest BCUT2D eigenvalue weighted by Crippen LogP contribution is 2.29. The SMILES string of the molecule is Cc1ccc(C(N)c2cc(Br)ccc2Br)cc1. The summed E-state index contributed by atoms with van der Waals surface area (Å²) in [7, 11) is 0. The van der Waals surface area contributed by atoms with Crippen LogP contribution in [0.5, 0.6) is 0 Å². The molecule has 2 N–H and O–H groups in total. The average Bonchev–Trinajstić information content (AvgIpc) is 2.32. The predicted octanol–water partition coefficient (Wildman–Crippen LogP) is 4.57. The van der Waals surface area contributed by atoms with Crippen molar-refractivity contribution in [2.75, 3.05) is 0 Å². The molecule has 0 spiro atoms. The van der Waals surface area contributed by atoms with E-state index in [1.807, 2.05) is 12.1 Å². The number of rotatable bonds is 2. The van der Waals surface area contributed by atoms with Crippen molar-refractivity contribution in [3.05, 3.63) is 68.1 Å². The molecule has 0 aliphatic heterocycles. The van der Waals surface area contributed by atoms with Gasteiger partial charge < -0.3 is 5.73 Å². The quantitative estimate of drug-likeness (QED) is 0.839. The minimum absolute atomic E-state index is 0.109. The van der Waals surface area contributed by atoms with Gasteiger partial charge in [-0.1, -0.05) is 61.7 Å². The largest absolute Gasteiger partial charge is 0.320 e. The van der Waals surface area contributed by atoms with E-state index >= 15 is 0 Å². The van der Waals surface area contributed by atoms with Crippen LogP contribution in [-0.4, -0.2) is 0 Å². The Balaban J connectivity index is 2.39. The summed E-state index contributed by atoms with van der Waals surface area (Å²) in [5.74, 6) is 0. The second-order valence-corrected chi connectivity index (χ2v) is 5.82. The second-order valence-electron chi connectivity index (χ2n) is 4.05. The third-order valence-corrected chi connectivity index (χ3v) is 3.94. The molecule has 3 heteroatoms. The van der Waals surface area contributed by atoms with Gasteiger partial charge in [0.1, 0.15) is 0 Å². The Bertz CT molecular complexity index is 520. The topological polar surface area (TPSA) is 26.0 Å². The molecule has 1 nitrogen and oxygen atoms in total. The van der Waals surface area contributed by atoms with Crippen molar-refractivity contribution >= 4 is 31.9 Å². The number of nitrogens with two attached hydrogens (primary N) is 1. The van der Waals surface area contributed by atoms with Crippen molar-refractivity contribution in [3.8, 4) is 0 Å². The number of benzene rings is 2. The highest BCUT2D eigenvalue weighted by molar-refractivity contribution is 9.11. The lowest BCUT2D eigenvalue weighted by atomic mass is 9.99. The molecule has 17 heavy (non-hydrogen) atoms. The van der Waals surface area contributed by atoms with Crippen LogP contribution < -0.4 is 5.73 Å². The molecule has 2 aromatic rings. The monoisotopic (exact) mass is 353 g/mol. The minimum Gasteiger partial charge on any atom is -0.320 e. The van der Waals surface area contributed by atoms with Crippen LogP contribution in [-0.2, 0) is 0 Å². The molecule has 0 aromatic heterocycles. The third kappa shape index (κ3) is 2.97. The van der Waals surface area contributed by atoms with Crippen LogP contribution in [0, 0.1) is 6.92 Å². The molecule has 1 atom stereocenters. The van der Waals surface area contributed by atoms with Crippen LogP contribution in [0.3, 0.4) is 0 Å². The first kappa shape index (κ1) is 12.8. The van der Waals surface area contributed by atoms with Gasteiger partial charge in [0.05, 0.1) is 6.04 Å². The van der Waals surface area contributed by atoms with Crippen molar-refractivity contribution in [3.63, 3.8) is 0 Å². The van der Waals surface area contributed by atoms with E-state index < -0.39 is 0 Å². The molecule has 0 saturated heterocycles. The molecule has 0 radical (unpaired) electrons. The molecule has 0 fully saturated rings. The van der Waals surface area contributed by atoms with Crippen LogP contribution in [0.2, 0.25) is 0 Å². The highest BCUT2D eigenvalue weighted by Gasteiger charge is 2.12. The lowest BCUT2D eigenvalue weighted by Crippen LogP contribution is -2.12. The van der Waals surface area contributed by atoms with Crippen LogP contribution >= 0.6 is 31.9 Å². The van der Waals surface area contributed by atoms with Crippen LogP contribution in [0.15, 0.2) is 51.4 Å². The Kier molecular flexibility index (Phi) is 4.02. The molecule has 0 aliphatic carbocycles. The van der Waals surface area contributed by atoms with E-state index in [4.69, 9.17) is 5.73 Å². The maximum absolute atomic E-state index is 6.29. The fourth-order valence-electron chi connectivity index (χ4n) is 1.71. The van der Waals surface area contributed by atoms with E-state index in [1.54, 1.807) is 0 Å². The summed E-state index contributed by atoms with van der Waals surface area (Å²) >= 11 is 7.01. The standard InChI is InChI=1S/C14H13Br2N/c1-9-2-4-10(5-3-9)14(17)12-8-11(15)6-7-13(12)16/h2-8,14H,17H2,1H3. The molecular weight excluding hydrogens is 342 g/mol. The first-order valence-corrected chi connectivity index (χ1v) is 6.93. The summed E-state index contributed by atoms with van der Waals surface area (Å²) in [6, 6.07) is 14.3. The number of aryl methyl sites for hydroxylation is 1. The predicted molar refractivity (Wildman–Crippen MR) is 79.1 cm³/mol. The zero-order valence-electron chi connectivity index (χ0n) is 9.45. The summed E-state index contributed by atoms with van der Waals surface area (Å²) < 4.78 is 2.08. The maximum Gasteiger partial charge on any atom is 0.0563 e. The Morgan fingerprint density at radius 2 is 1.65 bits per heavy atom. The number of hydrogen-bond acceptors (Lipinski definition) is 1.